The molecule has 0 saturated carbocycles. The SMILES string of the molecule is [CH2]Oc1cc(C)cc(C(=O)O)c1. The maximum absolute atomic E-state index is 10.5. The zero-order valence-corrected chi connectivity index (χ0v) is 6.70. The summed E-state index contributed by atoms with van der Waals surface area (Å²) in [6.45, 7) is 1.80. The number of carboxylic acid groups (broad SMARTS) is 1. The molecule has 1 N–H and O–H groups in total. The average Bonchev–Trinajstić information content (AvgIpc) is 2.03. The summed E-state index contributed by atoms with van der Waals surface area (Å²) in [4.78, 5) is 10.5. The lowest BCUT2D eigenvalue weighted by Gasteiger charge is -2.02. The van der Waals surface area contributed by atoms with Crippen LogP contribution < -0.4 is 4.74 Å². The van der Waals surface area contributed by atoms with Gasteiger partial charge in [0.2, 0.25) is 0 Å². The number of aryl methyl sites for hydroxylation is 1. The second-order valence-corrected chi connectivity index (χ2v) is 2.48. The van der Waals surface area contributed by atoms with Crippen LogP contribution in [0.25, 0.3) is 0 Å². The van der Waals surface area contributed by atoms with Gasteiger partial charge in [-0.2, -0.15) is 0 Å². The van der Waals surface area contributed by atoms with Gasteiger partial charge >= 0.3 is 5.97 Å². The Morgan fingerprint density at radius 3 is 2.67 bits per heavy atom. The van der Waals surface area contributed by atoms with Crippen molar-refractivity contribution in [2.24, 2.45) is 0 Å². The summed E-state index contributed by atoms with van der Waals surface area (Å²) in [6, 6.07) is 4.73. The van der Waals surface area contributed by atoms with Gasteiger partial charge in [0, 0.05) is 0 Å². The van der Waals surface area contributed by atoms with E-state index in [2.05, 4.69) is 11.8 Å². The number of carbonyl (C=O) groups is 1. The van der Waals surface area contributed by atoms with Gasteiger partial charge < -0.3 is 9.84 Å². The average molecular weight is 165 g/mol. The first-order valence-electron chi connectivity index (χ1n) is 3.40. The molecule has 1 rings (SSSR count). The van der Waals surface area contributed by atoms with E-state index in [0.717, 1.165) is 5.56 Å². The Hall–Kier alpha value is -1.51. The number of hydrogen-bond donors (Lipinski definition) is 1. The first-order chi connectivity index (χ1) is 5.63. The van der Waals surface area contributed by atoms with Crippen molar-refractivity contribution < 1.29 is 14.6 Å². The molecule has 0 unspecified atom stereocenters. The highest BCUT2D eigenvalue weighted by Crippen LogP contribution is 2.16. The van der Waals surface area contributed by atoms with Gasteiger partial charge in [-0.15, -0.1) is 0 Å². The zero-order valence-electron chi connectivity index (χ0n) is 6.70. The number of ether oxygens (including phenoxy) is 1. The molecule has 0 heterocycles. The normalized spacial score (nSPS) is 9.50. The number of benzene rings is 1. The summed E-state index contributed by atoms with van der Waals surface area (Å²) < 4.78 is 4.67. The van der Waals surface area contributed by atoms with E-state index in [-0.39, 0.29) is 5.56 Å². The van der Waals surface area contributed by atoms with Crippen LogP contribution >= 0.6 is 0 Å². The maximum Gasteiger partial charge on any atom is 0.335 e. The Morgan fingerprint density at radius 1 is 1.50 bits per heavy atom. The molecule has 0 atom stereocenters. The summed E-state index contributed by atoms with van der Waals surface area (Å²) in [5, 5.41) is 8.65. The molecule has 1 aromatic rings. The minimum absolute atomic E-state index is 0.216. The van der Waals surface area contributed by atoms with Gasteiger partial charge in [0.05, 0.1) is 5.56 Å². The third-order valence-corrected chi connectivity index (χ3v) is 1.46. The van der Waals surface area contributed by atoms with E-state index in [9.17, 15) is 4.79 Å². The van der Waals surface area contributed by atoms with Crippen LogP contribution in [0.4, 0.5) is 0 Å². The second kappa shape index (κ2) is 3.26. The summed E-state index contributed by atoms with van der Waals surface area (Å²) in [7, 11) is 3.20. The number of carboxylic acids is 1. The van der Waals surface area contributed by atoms with Gasteiger partial charge in [-0.3, -0.25) is 0 Å². The van der Waals surface area contributed by atoms with E-state index in [4.69, 9.17) is 5.11 Å². The van der Waals surface area contributed by atoms with Crippen LogP contribution in [-0.4, -0.2) is 11.1 Å². The van der Waals surface area contributed by atoms with E-state index in [0.29, 0.717) is 5.75 Å². The Balaban J connectivity index is 3.15. The van der Waals surface area contributed by atoms with E-state index in [1.54, 1.807) is 19.1 Å². The summed E-state index contributed by atoms with van der Waals surface area (Å²) in [6.07, 6.45) is 0. The standard InChI is InChI=1S/C9H9O3/c1-6-3-7(9(10)11)5-8(4-6)12-2/h3-5H,2H2,1H3,(H,10,11). The lowest BCUT2D eigenvalue weighted by molar-refractivity contribution is 0.0696. The van der Waals surface area contributed by atoms with Crippen molar-refractivity contribution in [3.8, 4) is 5.75 Å². The zero-order chi connectivity index (χ0) is 9.14. The molecule has 12 heavy (non-hydrogen) atoms. The highest BCUT2D eigenvalue weighted by molar-refractivity contribution is 5.88. The van der Waals surface area contributed by atoms with E-state index in [1.165, 1.54) is 6.07 Å². The van der Waals surface area contributed by atoms with Gasteiger partial charge in [0.15, 0.2) is 0 Å². The highest BCUT2D eigenvalue weighted by Gasteiger charge is 2.04. The third-order valence-electron chi connectivity index (χ3n) is 1.46. The molecule has 0 aliphatic carbocycles. The number of hydrogen-bond acceptors (Lipinski definition) is 2. The summed E-state index contributed by atoms with van der Waals surface area (Å²) in [5.74, 6) is -0.496. The van der Waals surface area contributed by atoms with Crippen molar-refractivity contribution in [1.29, 1.82) is 0 Å². The van der Waals surface area contributed by atoms with Crippen molar-refractivity contribution in [2.45, 2.75) is 6.92 Å². The molecular formula is C9H9O3. The van der Waals surface area contributed by atoms with E-state index in [1.807, 2.05) is 0 Å². The number of aromatic carboxylic acids is 1. The van der Waals surface area contributed by atoms with Crippen LogP contribution in [-0.2, 0) is 0 Å². The molecule has 0 spiro atoms. The molecule has 0 aliphatic rings. The lowest BCUT2D eigenvalue weighted by atomic mass is 10.1. The molecule has 3 nitrogen and oxygen atoms in total. The van der Waals surface area contributed by atoms with Crippen molar-refractivity contribution in [3.05, 3.63) is 36.4 Å². The Bertz CT molecular complexity index is 305. The molecule has 0 fully saturated rings. The van der Waals surface area contributed by atoms with E-state index >= 15 is 0 Å². The predicted molar refractivity (Wildman–Crippen MR) is 44.1 cm³/mol. The van der Waals surface area contributed by atoms with Crippen molar-refractivity contribution in [3.63, 3.8) is 0 Å². The van der Waals surface area contributed by atoms with Crippen LogP contribution in [0.5, 0.6) is 5.75 Å². The van der Waals surface area contributed by atoms with Gasteiger partial charge in [-0.25, -0.2) is 4.79 Å². The molecule has 1 radical (unpaired) electrons. The Kier molecular flexibility index (Phi) is 2.33. The van der Waals surface area contributed by atoms with Crippen molar-refractivity contribution >= 4 is 5.97 Å². The minimum Gasteiger partial charge on any atom is -0.490 e. The molecule has 0 amide bonds. The first-order valence-corrected chi connectivity index (χ1v) is 3.40. The maximum atomic E-state index is 10.5. The fraction of sp³-hybridized carbons (Fsp3) is 0.111. The fourth-order valence-corrected chi connectivity index (χ4v) is 0.955. The highest BCUT2D eigenvalue weighted by atomic mass is 16.5. The summed E-state index contributed by atoms with van der Waals surface area (Å²) >= 11 is 0. The first kappa shape index (κ1) is 8.59. The monoisotopic (exact) mass is 165 g/mol. The molecule has 0 bridgehead atoms. The van der Waals surface area contributed by atoms with Gasteiger partial charge in [-0.1, -0.05) is 0 Å². The molecule has 0 aromatic heterocycles. The Labute approximate surface area is 70.6 Å². The quantitative estimate of drug-likeness (QED) is 0.727. The molecule has 3 heteroatoms. The van der Waals surface area contributed by atoms with Crippen molar-refractivity contribution in [1.82, 2.24) is 0 Å². The number of rotatable bonds is 2. The smallest absolute Gasteiger partial charge is 0.335 e. The largest absolute Gasteiger partial charge is 0.490 e. The predicted octanol–water partition coefficient (Wildman–Crippen LogP) is 1.86. The second-order valence-electron chi connectivity index (χ2n) is 2.48. The van der Waals surface area contributed by atoms with Crippen LogP contribution in [0.3, 0.4) is 0 Å². The third kappa shape index (κ3) is 1.75. The molecule has 0 saturated heterocycles. The lowest BCUT2D eigenvalue weighted by Crippen LogP contribution is -1.97. The van der Waals surface area contributed by atoms with Gasteiger partial charge in [-0.05, 0) is 30.7 Å². The summed E-state index contributed by atoms with van der Waals surface area (Å²) in [5.41, 5.74) is 1.06. The van der Waals surface area contributed by atoms with Crippen LogP contribution in [0.15, 0.2) is 18.2 Å². The Morgan fingerprint density at radius 2 is 2.17 bits per heavy atom. The molecule has 1 aromatic carbocycles. The molecular weight excluding hydrogens is 156 g/mol. The molecule has 63 valence electrons. The van der Waals surface area contributed by atoms with Crippen LogP contribution in [0.2, 0.25) is 0 Å². The van der Waals surface area contributed by atoms with E-state index < -0.39 is 5.97 Å². The van der Waals surface area contributed by atoms with Crippen molar-refractivity contribution in [2.75, 3.05) is 0 Å². The van der Waals surface area contributed by atoms with Crippen LogP contribution in [0, 0.1) is 14.0 Å². The minimum atomic E-state index is -0.961. The van der Waals surface area contributed by atoms with Crippen LogP contribution in [0.1, 0.15) is 15.9 Å². The van der Waals surface area contributed by atoms with Gasteiger partial charge in [0.1, 0.15) is 12.9 Å². The fourth-order valence-electron chi connectivity index (χ4n) is 0.955. The van der Waals surface area contributed by atoms with Gasteiger partial charge in [0.25, 0.3) is 0 Å². The molecule has 0 aliphatic heterocycles. The topological polar surface area (TPSA) is 46.5 Å².